The van der Waals surface area contributed by atoms with Crippen molar-refractivity contribution in [2.45, 2.75) is 25.7 Å². The number of halogens is 1. The molecular weight excluding hydrogens is 394 g/mol. The van der Waals surface area contributed by atoms with E-state index >= 15 is 0 Å². The number of hydrogen-bond donors (Lipinski definition) is 1. The number of carbonyl (C=O) groups excluding carboxylic acids is 1. The zero-order chi connectivity index (χ0) is 19.8. The highest BCUT2D eigenvalue weighted by atomic mass is 35.5. The van der Waals surface area contributed by atoms with Crippen LogP contribution in [-0.4, -0.2) is 25.7 Å². The molecule has 0 unspecified atom stereocenters. The number of nitrogens with one attached hydrogen (secondary N) is 1. The Kier molecular flexibility index (Phi) is 4.72. The van der Waals surface area contributed by atoms with Crippen molar-refractivity contribution in [3.63, 3.8) is 0 Å². The van der Waals surface area contributed by atoms with Gasteiger partial charge in [-0.2, -0.15) is 0 Å². The predicted octanol–water partition coefficient (Wildman–Crippen LogP) is 4.75. The Hall–Kier alpha value is -2.86. The van der Waals surface area contributed by atoms with Crippen molar-refractivity contribution in [3.8, 4) is 17.2 Å². The number of hydrogen-bond acceptors (Lipinski definition) is 5. The van der Waals surface area contributed by atoms with Crippen LogP contribution in [0.15, 0.2) is 34.7 Å². The molecular formula is C22H20ClNO5. The second kappa shape index (κ2) is 7.52. The van der Waals surface area contributed by atoms with E-state index in [1.165, 1.54) is 18.4 Å². The first-order valence-electron chi connectivity index (χ1n) is 9.73. The SMILES string of the molecule is O=C(COc1ccc2oc3c(c2c1)CCCC3)Nc1cc2c(cc1Cl)OCCO2. The highest BCUT2D eigenvalue weighted by Gasteiger charge is 2.19. The number of anilines is 1. The van der Waals surface area contributed by atoms with Gasteiger partial charge in [0, 0.05) is 29.5 Å². The Labute approximate surface area is 172 Å². The number of furan rings is 1. The molecule has 0 spiro atoms. The third-order valence-electron chi connectivity index (χ3n) is 5.20. The van der Waals surface area contributed by atoms with Gasteiger partial charge in [-0.05, 0) is 37.5 Å². The molecule has 0 saturated carbocycles. The lowest BCUT2D eigenvalue weighted by Crippen LogP contribution is -2.21. The zero-order valence-corrected chi connectivity index (χ0v) is 16.5. The predicted molar refractivity (Wildman–Crippen MR) is 109 cm³/mol. The summed E-state index contributed by atoms with van der Waals surface area (Å²) >= 11 is 6.24. The van der Waals surface area contributed by atoms with Crippen LogP contribution in [0.3, 0.4) is 0 Å². The van der Waals surface area contributed by atoms with E-state index in [0.717, 1.165) is 29.6 Å². The van der Waals surface area contributed by atoms with Gasteiger partial charge in [0.1, 0.15) is 30.3 Å². The van der Waals surface area contributed by atoms with Gasteiger partial charge in [0.15, 0.2) is 18.1 Å². The molecule has 7 heteroatoms. The average molecular weight is 414 g/mol. The summed E-state index contributed by atoms with van der Waals surface area (Å²) in [6.45, 7) is 0.814. The van der Waals surface area contributed by atoms with Crippen LogP contribution in [0.25, 0.3) is 11.0 Å². The number of rotatable bonds is 4. The molecule has 5 rings (SSSR count). The largest absolute Gasteiger partial charge is 0.486 e. The molecule has 1 N–H and O–H groups in total. The summed E-state index contributed by atoms with van der Waals surface area (Å²) in [4.78, 5) is 12.4. The molecule has 1 amide bonds. The van der Waals surface area contributed by atoms with Crippen molar-refractivity contribution in [3.05, 3.63) is 46.7 Å². The van der Waals surface area contributed by atoms with Crippen molar-refractivity contribution in [2.24, 2.45) is 0 Å². The molecule has 2 heterocycles. The molecule has 6 nitrogen and oxygen atoms in total. The molecule has 1 aromatic heterocycles. The van der Waals surface area contributed by atoms with E-state index < -0.39 is 0 Å². The second-order valence-electron chi connectivity index (χ2n) is 7.18. The maximum Gasteiger partial charge on any atom is 0.262 e. The fraction of sp³-hybridized carbons (Fsp3) is 0.318. The van der Waals surface area contributed by atoms with Gasteiger partial charge < -0.3 is 23.9 Å². The molecule has 0 saturated heterocycles. The molecule has 1 aliphatic heterocycles. The Balaban J connectivity index is 1.27. The van der Waals surface area contributed by atoms with E-state index in [4.69, 9.17) is 30.2 Å². The summed E-state index contributed by atoms with van der Waals surface area (Å²) < 4.78 is 22.7. The van der Waals surface area contributed by atoms with Gasteiger partial charge in [-0.25, -0.2) is 0 Å². The number of amides is 1. The van der Waals surface area contributed by atoms with Crippen LogP contribution in [0.2, 0.25) is 5.02 Å². The maximum atomic E-state index is 12.4. The van der Waals surface area contributed by atoms with E-state index in [9.17, 15) is 4.79 Å². The van der Waals surface area contributed by atoms with Crippen LogP contribution in [0.5, 0.6) is 17.2 Å². The minimum absolute atomic E-state index is 0.129. The van der Waals surface area contributed by atoms with Gasteiger partial charge in [-0.15, -0.1) is 0 Å². The van der Waals surface area contributed by atoms with Crippen LogP contribution in [0, 0.1) is 0 Å². The van der Waals surface area contributed by atoms with Crippen LogP contribution >= 0.6 is 11.6 Å². The number of benzene rings is 2. The summed E-state index contributed by atoms with van der Waals surface area (Å²) in [6.07, 6.45) is 4.35. The number of ether oxygens (including phenoxy) is 3. The van der Waals surface area contributed by atoms with E-state index in [1.54, 1.807) is 12.1 Å². The topological polar surface area (TPSA) is 69.9 Å². The van der Waals surface area contributed by atoms with Crippen LogP contribution in [-0.2, 0) is 17.6 Å². The summed E-state index contributed by atoms with van der Waals surface area (Å²) in [5.41, 5.74) is 2.60. The molecule has 2 aliphatic rings. The summed E-state index contributed by atoms with van der Waals surface area (Å²) in [5.74, 6) is 2.54. The number of aryl methyl sites for hydroxylation is 2. The van der Waals surface area contributed by atoms with Gasteiger partial charge in [0.05, 0.1) is 10.7 Å². The van der Waals surface area contributed by atoms with Crippen molar-refractivity contribution >= 4 is 34.2 Å². The van der Waals surface area contributed by atoms with Gasteiger partial charge in [0.2, 0.25) is 0 Å². The molecule has 2 aromatic carbocycles. The zero-order valence-electron chi connectivity index (χ0n) is 15.8. The lowest BCUT2D eigenvalue weighted by Gasteiger charge is -2.20. The minimum atomic E-state index is -0.308. The van der Waals surface area contributed by atoms with E-state index in [1.807, 2.05) is 18.2 Å². The Morgan fingerprint density at radius 1 is 1.07 bits per heavy atom. The lowest BCUT2D eigenvalue weighted by molar-refractivity contribution is -0.118. The lowest BCUT2D eigenvalue weighted by atomic mass is 9.96. The first-order valence-corrected chi connectivity index (χ1v) is 10.1. The van der Waals surface area contributed by atoms with Gasteiger partial charge in [-0.1, -0.05) is 11.6 Å². The van der Waals surface area contributed by atoms with Crippen LogP contribution < -0.4 is 19.5 Å². The molecule has 0 fully saturated rings. The standard InChI is InChI=1S/C22H20ClNO5/c23-16-10-20-21(27-8-7-26-20)11-17(16)24-22(25)12-28-13-5-6-19-15(9-13)14-3-1-2-4-18(14)29-19/h5-6,9-11H,1-4,7-8,12H2,(H,24,25). The average Bonchev–Trinajstić information content (AvgIpc) is 3.11. The molecule has 0 atom stereocenters. The molecule has 150 valence electrons. The Morgan fingerprint density at radius 3 is 2.72 bits per heavy atom. The molecule has 29 heavy (non-hydrogen) atoms. The van der Waals surface area contributed by atoms with Crippen LogP contribution in [0.1, 0.15) is 24.2 Å². The van der Waals surface area contributed by atoms with Crippen molar-refractivity contribution in [2.75, 3.05) is 25.1 Å². The van der Waals surface area contributed by atoms with E-state index in [2.05, 4.69) is 5.32 Å². The summed E-state index contributed by atoms with van der Waals surface area (Å²) in [5, 5.41) is 4.22. The van der Waals surface area contributed by atoms with E-state index in [-0.39, 0.29) is 12.5 Å². The van der Waals surface area contributed by atoms with Crippen molar-refractivity contribution < 1.29 is 23.4 Å². The summed E-state index contributed by atoms with van der Waals surface area (Å²) in [6, 6.07) is 8.98. The Bertz CT molecular complexity index is 1090. The fourth-order valence-electron chi connectivity index (χ4n) is 3.83. The third kappa shape index (κ3) is 3.60. The Morgan fingerprint density at radius 2 is 1.86 bits per heavy atom. The van der Waals surface area contributed by atoms with Gasteiger partial charge >= 0.3 is 0 Å². The quantitative estimate of drug-likeness (QED) is 0.668. The summed E-state index contributed by atoms with van der Waals surface area (Å²) in [7, 11) is 0. The van der Waals surface area contributed by atoms with Gasteiger partial charge in [0.25, 0.3) is 5.91 Å². The smallest absolute Gasteiger partial charge is 0.262 e. The third-order valence-corrected chi connectivity index (χ3v) is 5.52. The number of carbonyl (C=O) groups is 1. The molecule has 1 aliphatic carbocycles. The monoisotopic (exact) mass is 413 g/mol. The fourth-order valence-corrected chi connectivity index (χ4v) is 4.03. The highest BCUT2D eigenvalue weighted by Crippen LogP contribution is 2.38. The minimum Gasteiger partial charge on any atom is -0.486 e. The molecule has 3 aromatic rings. The molecule has 0 radical (unpaired) electrons. The second-order valence-corrected chi connectivity index (χ2v) is 7.59. The van der Waals surface area contributed by atoms with E-state index in [0.29, 0.717) is 41.2 Å². The normalized spacial score (nSPS) is 15.1. The highest BCUT2D eigenvalue weighted by molar-refractivity contribution is 6.34. The maximum absolute atomic E-state index is 12.4. The first kappa shape index (κ1) is 18.2. The first-order chi connectivity index (χ1) is 14.2. The van der Waals surface area contributed by atoms with Crippen molar-refractivity contribution in [1.82, 2.24) is 0 Å². The van der Waals surface area contributed by atoms with Gasteiger partial charge in [-0.3, -0.25) is 4.79 Å². The van der Waals surface area contributed by atoms with Crippen LogP contribution in [0.4, 0.5) is 5.69 Å². The van der Waals surface area contributed by atoms with Crippen molar-refractivity contribution in [1.29, 1.82) is 0 Å². The molecule has 0 bridgehead atoms. The number of fused-ring (bicyclic) bond motifs is 4.